The molecule has 0 aromatic carbocycles. The maximum atomic E-state index is 13.3. The Balaban J connectivity index is 1.81. The van der Waals surface area contributed by atoms with Gasteiger partial charge in [0.25, 0.3) is 5.56 Å². The Labute approximate surface area is 181 Å². The van der Waals surface area contributed by atoms with Gasteiger partial charge in [0, 0.05) is 51.9 Å². The SMILES string of the molecule is [2H]C([2H])([2H])c1cc2cnc(NC3C([2H])([2H])CN(S(C)(=O)=O)CC3([2H])[2H])nc2n([C@@H]2CCC[C@@H]2C)c1=O. The number of hydrogen-bond acceptors (Lipinski definition) is 6. The fraction of sp³-hybridized carbons (Fsp3) is 0.650. The number of aromatic nitrogens is 3. The summed E-state index contributed by atoms with van der Waals surface area (Å²) in [6.45, 7) is -1.76. The summed E-state index contributed by atoms with van der Waals surface area (Å²) in [7, 11) is -3.82. The van der Waals surface area contributed by atoms with E-state index in [1.165, 1.54) is 16.8 Å². The van der Waals surface area contributed by atoms with Gasteiger partial charge in [-0.05, 0) is 44.4 Å². The molecule has 1 saturated heterocycles. The first-order valence-electron chi connectivity index (χ1n) is 13.1. The summed E-state index contributed by atoms with van der Waals surface area (Å²) in [5.41, 5.74) is -0.823. The Kier molecular flexibility index (Phi) is 3.53. The van der Waals surface area contributed by atoms with Crippen LogP contribution in [0.5, 0.6) is 0 Å². The van der Waals surface area contributed by atoms with Gasteiger partial charge in [-0.1, -0.05) is 13.3 Å². The van der Waals surface area contributed by atoms with Crippen LogP contribution in [0.4, 0.5) is 5.95 Å². The first kappa shape index (κ1) is 13.3. The summed E-state index contributed by atoms with van der Waals surface area (Å²) in [4.78, 5) is 21.9. The lowest BCUT2D eigenvalue weighted by Gasteiger charge is -2.30. The molecule has 1 saturated carbocycles. The Hall–Kier alpha value is -2.00. The summed E-state index contributed by atoms with van der Waals surface area (Å²) in [5.74, 6) is -0.0406. The first-order chi connectivity index (χ1) is 16.4. The van der Waals surface area contributed by atoms with Gasteiger partial charge in [-0.25, -0.2) is 17.7 Å². The summed E-state index contributed by atoms with van der Waals surface area (Å²) < 4.78 is 83.0. The molecule has 4 rings (SSSR count). The van der Waals surface area contributed by atoms with E-state index in [1.54, 1.807) is 0 Å². The van der Waals surface area contributed by atoms with Crippen LogP contribution in [0.2, 0.25) is 0 Å². The van der Waals surface area contributed by atoms with Gasteiger partial charge in [-0.3, -0.25) is 9.36 Å². The highest BCUT2D eigenvalue weighted by atomic mass is 32.2. The fourth-order valence-corrected chi connectivity index (χ4v) is 4.60. The van der Waals surface area contributed by atoms with E-state index in [1.807, 2.05) is 6.92 Å². The van der Waals surface area contributed by atoms with Crippen molar-refractivity contribution in [1.82, 2.24) is 18.8 Å². The van der Waals surface area contributed by atoms with Crippen molar-refractivity contribution in [1.29, 1.82) is 0 Å². The summed E-state index contributed by atoms with van der Waals surface area (Å²) in [5, 5.41) is 3.02. The summed E-state index contributed by atoms with van der Waals surface area (Å²) in [6, 6.07) is -0.526. The lowest BCUT2D eigenvalue weighted by molar-refractivity contribution is 0.331. The standard InChI is InChI=1S/C20H29N5O3S/c1-13-5-4-6-17(13)25-18-15(11-14(2)19(25)26)12-21-20(23-18)22-16-7-9-24(10-8-16)29(3,27)28/h11-13,16-17H,4-10H2,1-3H3,(H,21,22,23)/t13-,17+/m0/s1/i2D3,7D2,8D2. The molecule has 0 spiro atoms. The zero-order valence-corrected chi connectivity index (χ0v) is 17.2. The van der Waals surface area contributed by atoms with E-state index in [-0.39, 0.29) is 29.1 Å². The molecule has 0 radical (unpaired) electrons. The maximum absolute atomic E-state index is 13.3. The molecule has 158 valence electrons. The molecule has 2 aromatic heterocycles. The van der Waals surface area contributed by atoms with E-state index < -0.39 is 54.3 Å². The molecule has 2 aliphatic rings. The Morgan fingerprint density at radius 3 is 2.69 bits per heavy atom. The zero-order valence-electron chi connectivity index (χ0n) is 23.3. The molecule has 0 amide bonds. The van der Waals surface area contributed by atoms with Gasteiger partial charge in [0.2, 0.25) is 16.0 Å². The number of aryl methyl sites for hydroxylation is 1. The number of pyridine rings is 1. The molecule has 2 aromatic rings. The Morgan fingerprint density at radius 1 is 1.31 bits per heavy atom. The average molecular weight is 427 g/mol. The second-order valence-electron chi connectivity index (χ2n) is 7.70. The molecule has 0 bridgehead atoms. The van der Waals surface area contributed by atoms with Crippen LogP contribution in [0, 0.1) is 12.8 Å². The van der Waals surface area contributed by atoms with Crippen LogP contribution in [-0.2, 0) is 10.0 Å². The van der Waals surface area contributed by atoms with Crippen molar-refractivity contribution in [3.63, 3.8) is 0 Å². The number of piperidine rings is 1. The average Bonchev–Trinajstić information content (AvgIpc) is 3.13. The van der Waals surface area contributed by atoms with Crippen molar-refractivity contribution in [2.24, 2.45) is 5.92 Å². The third-order valence-corrected chi connectivity index (χ3v) is 6.80. The number of anilines is 1. The van der Waals surface area contributed by atoms with Crippen molar-refractivity contribution in [2.45, 2.75) is 57.9 Å². The molecule has 1 N–H and O–H groups in total. The van der Waals surface area contributed by atoms with Gasteiger partial charge in [-0.2, -0.15) is 4.98 Å². The normalized spacial score (nSPS) is 31.7. The monoisotopic (exact) mass is 426 g/mol. The van der Waals surface area contributed by atoms with Crippen LogP contribution < -0.4 is 10.9 Å². The Morgan fingerprint density at radius 2 is 2.07 bits per heavy atom. The number of fused-ring (bicyclic) bond motifs is 1. The number of sulfonamides is 1. The highest BCUT2D eigenvalue weighted by Gasteiger charge is 2.29. The minimum atomic E-state index is -3.82. The highest BCUT2D eigenvalue weighted by molar-refractivity contribution is 7.88. The smallest absolute Gasteiger partial charge is 0.255 e. The third-order valence-electron chi connectivity index (χ3n) is 5.61. The molecule has 3 heterocycles. The van der Waals surface area contributed by atoms with Gasteiger partial charge < -0.3 is 5.32 Å². The summed E-state index contributed by atoms with van der Waals surface area (Å²) in [6.07, 6.45) is 0.00598. The van der Waals surface area contributed by atoms with Crippen LogP contribution in [0.3, 0.4) is 0 Å². The number of nitrogens with zero attached hydrogens (tertiary/aromatic N) is 4. The molecule has 1 aliphatic heterocycles. The molecular weight excluding hydrogens is 390 g/mol. The summed E-state index contributed by atoms with van der Waals surface area (Å²) >= 11 is 0. The molecule has 2 atom stereocenters. The van der Waals surface area contributed by atoms with Crippen LogP contribution in [0.25, 0.3) is 11.0 Å². The van der Waals surface area contributed by atoms with E-state index in [0.717, 1.165) is 23.4 Å². The second kappa shape index (κ2) is 7.68. The van der Waals surface area contributed by atoms with E-state index >= 15 is 0 Å². The van der Waals surface area contributed by atoms with Crippen molar-refractivity contribution in [2.75, 3.05) is 24.7 Å². The van der Waals surface area contributed by atoms with Crippen molar-refractivity contribution >= 4 is 27.0 Å². The predicted octanol–water partition coefficient (Wildman–Crippen LogP) is 2.30. The molecule has 2 fully saturated rings. The van der Waals surface area contributed by atoms with Crippen LogP contribution in [0.15, 0.2) is 17.1 Å². The Bertz CT molecular complexity index is 1330. The van der Waals surface area contributed by atoms with Crippen molar-refractivity contribution in [3.05, 3.63) is 28.2 Å². The quantitative estimate of drug-likeness (QED) is 0.806. The van der Waals surface area contributed by atoms with Gasteiger partial charge in [0.15, 0.2) is 0 Å². The largest absolute Gasteiger partial charge is 0.351 e. The molecule has 9 heteroatoms. The van der Waals surface area contributed by atoms with E-state index in [0.29, 0.717) is 11.8 Å². The minimum Gasteiger partial charge on any atom is -0.351 e. The second-order valence-corrected chi connectivity index (χ2v) is 9.68. The number of rotatable bonds is 4. The molecule has 29 heavy (non-hydrogen) atoms. The topological polar surface area (TPSA) is 97.2 Å². The minimum absolute atomic E-state index is 0.104. The zero-order chi connectivity index (χ0) is 26.8. The van der Waals surface area contributed by atoms with E-state index in [4.69, 9.17) is 9.60 Å². The molecule has 8 nitrogen and oxygen atoms in total. The fourth-order valence-electron chi connectivity index (χ4n) is 3.99. The number of hydrogen-bond donors (Lipinski definition) is 1. The van der Waals surface area contributed by atoms with Crippen molar-refractivity contribution in [3.8, 4) is 0 Å². The van der Waals surface area contributed by atoms with Gasteiger partial charge in [0.05, 0.1) is 6.26 Å². The highest BCUT2D eigenvalue weighted by Crippen LogP contribution is 2.36. The predicted molar refractivity (Wildman–Crippen MR) is 114 cm³/mol. The molecular formula is C20H29N5O3S. The van der Waals surface area contributed by atoms with Gasteiger partial charge in [0.1, 0.15) is 5.65 Å². The molecule has 1 aliphatic carbocycles. The van der Waals surface area contributed by atoms with Crippen molar-refractivity contribution < 1.29 is 18.0 Å². The van der Waals surface area contributed by atoms with Crippen LogP contribution >= 0.6 is 0 Å². The third kappa shape index (κ3) is 4.02. The van der Waals surface area contributed by atoms with E-state index in [9.17, 15) is 13.2 Å². The molecule has 0 unspecified atom stereocenters. The maximum Gasteiger partial charge on any atom is 0.255 e. The van der Waals surface area contributed by atoms with Crippen LogP contribution in [-0.4, -0.2) is 52.6 Å². The van der Waals surface area contributed by atoms with Crippen LogP contribution in [0.1, 0.15) is 60.1 Å². The number of nitrogens with one attached hydrogen (secondary N) is 1. The van der Waals surface area contributed by atoms with Gasteiger partial charge in [-0.15, -0.1) is 0 Å². The van der Waals surface area contributed by atoms with Gasteiger partial charge >= 0.3 is 0 Å². The lowest BCUT2D eigenvalue weighted by atomic mass is 10.1. The van der Waals surface area contributed by atoms with E-state index in [2.05, 4.69) is 15.3 Å². The lowest BCUT2D eigenvalue weighted by Crippen LogP contribution is -2.42. The first-order valence-corrected chi connectivity index (χ1v) is 11.4.